The van der Waals surface area contributed by atoms with Crippen molar-refractivity contribution in [3.8, 4) is 0 Å². The maximum Gasteiger partial charge on any atom is 0.263 e. The van der Waals surface area contributed by atoms with Gasteiger partial charge in [-0.1, -0.05) is 0 Å². The van der Waals surface area contributed by atoms with Crippen LogP contribution < -0.4 is 5.56 Å². The molecule has 0 aromatic carbocycles. The van der Waals surface area contributed by atoms with Gasteiger partial charge in [0.15, 0.2) is 0 Å². The average Bonchev–Trinajstić information content (AvgIpc) is 2.60. The number of rotatable bonds is 2. The first-order valence-corrected chi connectivity index (χ1v) is 4.74. The normalized spacial score (nSPS) is 11.0. The molecule has 2 heterocycles. The molecule has 2 rings (SSSR count). The van der Waals surface area contributed by atoms with Gasteiger partial charge in [-0.15, -0.1) is 11.6 Å². The van der Waals surface area contributed by atoms with Gasteiger partial charge in [0.2, 0.25) is 5.78 Å². The summed E-state index contributed by atoms with van der Waals surface area (Å²) in [5.41, 5.74) is 1.26. The van der Waals surface area contributed by atoms with Crippen molar-refractivity contribution in [1.82, 2.24) is 19.6 Å². The molecule has 0 aliphatic carbocycles. The summed E-state index contributed by atoms with van der Waals surface area (Å²) in [6.45, 7) is 1.80. The fourth-order valence-corrected chi connectivity index (χ4v) is 1.58. The highest BCUT2D eigenvalue weighted by molar-refractivity contribution is 6.17. The van der Waals surface area contributed by atoms with Crippen molar-refractivity contribution >= 4 is 17.4 Å². The van der Waals surface area contributed by atoms with Crippen LogP contribution in [-0.4, -0.2) is 25.5 Å². The molecule has 0 saturated heterocycles. The number of nitrogens with one attached hydrogen (secondary N) is 1. The number of aryl methyl sites for hydroxylation is 1. The van der Waals surface area contributed by atoms with Gasteiger partial charge in [-0.2, -0.15) is 5.10 Å². The van der Waals surface area contributed by atoms with Gasteiger partial charge in [-0.25, -0.2) is 14.5 Å². The Kier molecular flexibility index (Phi) is 2.25. The molecule has 14 heavy (non-hydrogen) atoms. The van der Waals surface area contributed by atoms with Crippen molar-refractivity contribution in [1.29, 1.82) is 0 Å². The molecule has 2 aromatic heterocycles. The lowest BCUT2D eigenvalue weighted by Crippen LogP contribution is -2.20. The summed E-state index contributed by atoms with van der Waals surface area (Å²) in [5, 5.41) is 6.39. The van der Waals surface area contributed by atoms with E-state index in [9.17, 15) is 4.79 Å². The molecular formula is C8H9ClN4O. The van der Waals surface area contributed by atoms with Crippen LogP contribution in [0.1, 0.15) is 11.3 Å². The quantitative estimate of drug-likeness (QED) is 0.738. The maximum absolute atomic E-state index is 11.8. The number of H-pyrrole nitrogens is 1. The van der Waals surface area contributed by atoms with Crippen LogP contribution in [0.2, 0.25) is 0 Å². The molecule has 0 radical (unpaired) electrons. The standard InChI is InChI=1S/C8H9ClN4O/c1-5-6(2-3-9)7(14)13-4-10-12-8(13)11-5/h4H,2-3H2,1H3,(H,11,12). The van der Waals surface area contributed by atoms with Gasteiger partial charge in [0.05, 0.1) is 5.69 Å². The van der Waals surface area contributed by atoms with Crippen molar-refractivity contribution in [2.75, 3.05) is 5.88 Å². The summed E-state index contributed by atoms with van der Waals surface area (Å²) >= 11 is 5.61. The first-order valence-electron chi connectivity index (χ1n) is 4.21. The predicted molar refractivity (Wildman–Crippen MR) is 52.8 cm³/mol. The van der Waals surface area contributed by atoms with Crippen LogP contribution in [0.4, 0.5) is 0 Å². The van der Waals surface area contributed by atoms with Crippen LogP contribution in [0, 0.1) is 6.92 Å². The number of alkyl halides is 1. The molecule has 0 atom stereocenters. The minimum Gasteiger partial charge on any atom is -0.268 e. The number of hydrogen-bond donors (Lipinski definition) is 1. The first kappa shape index (κ1) is 9.21. The summed E-state index contributed by atoms with van der Waals surface area (Å²) in [7, 11) is 0. The van der Waals surface area contributed by atoms with E-state index < -0.39 is 0 Å². The highest BCUT2D eigenvalue weighted by atomic mass is 35.5. The highest BCUT2D eigenvalue weighted by Crippen LogP contribution is 2.02. The lowest BCUT2D eigenvalue weighted by Gasteiger charge is -2.01. The van der Waals surface area contributed by atoms with E-state index in [1.165, 1.54) is 10.7 Å². The second kappa shape index (κ2) is 3.42. The zero-order valence-electron chi connectivity index (χ0n) is 7.62. The second-order valence-electron chi connectivity index (χ2n) is 2.97. The molecular weight excluding hydrogens is 204 g/mol. The molecule has 0 bridgehead atoms. The van der Waals surface area contributed by atoms with Crippen LogP contribution in [0.15, 0.2) is 11.1 Å². The smallest absolute Gasteiger partial charge is 0.263 e. The topological polar surface area (TPSA) is 63.1 Å². The summed E-state index contributed by atoms with van der Waals surface area (Å²) < 4.78 is 1.38. The van der Waals surface area contributed by atoms with E-state index in [1.807, 2.05) is 0 Å². The van der Waals surface area contributed by atoms with Gasteiger partial charge in [-0.3, -0.25) is 4.79 Å². The Balaban J connectivity index is 2.76. The van der Waals surface area contributed by atoms with Gasteiger partial charge in [-0.05, 0) is 13.3 Å². The largest absolute Gasteiger partial charge is 0.268 e. The number of fused-ring (bicyclic) bond motifs is 1. The van der Waals surface area contributed by atoms with E-state index in [1.54, 1.807) is 6.92 Å². The lowest BCUT2D eigenvalue weighted by molar-refractivity contribution is 0.941. The molecule has 0 aliphatic heterocycles. The summed E-state index contributed by atoms with van der Waals surface area (Å²) in [5.74, 6) is 0.882. The number of aromatic nitrogens is 4. The zero-order chi connectivity index (χ0) is 10.1. The molecule has 0 fully saturated rings. The summed E-state index contributed by atoms with van der Waals surface area (Å²) in [6.07, 6.45) is 1.95. The van der Waals surface area contributed by atoms with E-state index in [2.05, 4.69) is 15.2 Å². The van der Waals surface area contributed by atoms with E-state index in [0.29, 0.717) is 29.3 Å². The number of halogens is 1. The maximum atomic E-state index is 11.8. The van der Waals surface area contributed by atoms with Gasteiger partial charge >= 0.3 is 0 Å². The summed E-state index contributed by atoms with van der Waals surface area (Å²) in [4.78, 5) is 16.0. The van der Waals surface area contributed by atoms with Crippen molar-refractivity contribution in [2.24, 2.45) is 0 Å². The Morgan fingerprint density at radius 1 is 1.64 bits per heavy atom. The van der Waals surface area contributed by atoms with Crippen molar-refractivity contribution in [2.45, 2.75) is 13.3 Å². The highest BCUT2D eigenvalue weighted by Gasteiger charge is 2.09. The van der Waals surface area contributed by atoms with Gasteiger partial charge in [0.1, 0.15) is 6.33 Å². The second-order valence-corrected chi connectivity index (χ2v) is 3.35. The fraction of sp³-hybridized carbons (Fsp3) is 0.375. The molecule has 0 spiro atoms. The number of hydrogen-bond acceptors (Lipinski definition) is 3. The van der Waals surface area contributed by atoms with E-state index in [4.69, 9.17) is 11.6 Å². The molecule has 2 aromatic rings. The molecule has 0 saturated carbocycles. The minimum absolute atomic E-state index is 0.0955. The van der Waals surface area contributed by atoms with Crippen LogP contribution in [0.3, 0.4) is 0 Å². The molecule has 74 valence electrons. The Bertz CT molecular complexity index is 516. The van der Waals surface area contributed by atoms with Crippen LogP contribution >= 0.6 is 11.6 Å². The van der Waals surface area contributed by atoms with Gasteiger partial charge in [0, 0.05) is 11.4 Å². The minimum atomic E-state index is -0.0955. The average molecular weight is 213 g/mol. The van der Waals surface area contributed by atoms with Crippen LogP contribution in [0.5, 0.6) is 0 Å². The van der Waals surface area contributed by atoms with Gasteiger partial charge in [0.25, 0.3) is 5.56 Å². The molecule has 5 nitrogen and oxygen atoms in total. The third-order valence-electron chi connectivity index (χ3n) is 2.10. The number of aromatic amines is 1. The molecule has 0 aliphatic rings. The number of nitrogens with zero attached hydrogens (tertiary/aromatic N) is 3. The monoisotopic (exact) mass is 212 g/mol. The Morgan fingerprint density at radius 2 is 2.43 bits per heavy atom. The SMILES string of the molecule is Cc1nc2[nH]ncn2c(=O)c1CCCl. The lowest BCUT2D eigenvalue weighted by atomic mass is 10.2. The molecule has 1 N–H and O–H groups in total. The van der Waals surface area contributed by atoms with E-state index in [-0.39, 0.29) is 5.56 Å². The van der Waals surface area contributed by atoms with Crippen molar-refractivity contribution in [3.63, 3.8) is 0 Å². The van der Waals surface area contributed by atoms with Crippen LogP contribution in [0.25, 0.3) is 5.78 Å². The van der Waals surface area contributed by atoms with Crippen LogP contribution in [-0.2, 0) is 6.42 Å². The van der Waals surface area contributed by atoms with E-state index in [0.717, 1.165) is 0 Å². The zero-order valence-corrected chi connectivity index (χ0v) is 8.38. The van der Waals surface area contributed by atoms with Crippen molar-refractivity contribution < 1.29 is 0 Å². The van der Waals surface area contributed by atoms with E-state index >= 15 is 0 Å². The fourth-order valence-electron chi connectivity index (χ4n) is 1.39. The van der Waals surface area contributed by atoms with Crippen molar-refractivity contribution in [3.05, 3.63) is 27.9 Å². The Labute approximate surface area is 84.7 Å². The third kappa shape index (κ3) is 1.29. The Morgan fingerprint density at radius 3 is 3.14 bits per heavy atom. The molecule has 6 heteroatoms. The predicted octanol–water partition coefficient (Wildman–Crippen LogP) is 0.507. The molecule has 0 unspecified atom stereocenters. The summed E-state index contributed by atoms with van der Waals surface area (Å²) in [6, 6.07) is 0. The Hall–Kier alpha value is -1.36. The first-order chi connectivity index (χ1) is 6.74. The third-order valence-corrected chi connectivity index (χ3v) is 2.29. The van der Waals surface area contributed by atoms with Gasteiger partial charge < -0.3 is 0 Å². The molecule has 0 amide bonds.